The first kappa shape index (κ1) is 16.3. The van der Waals surface area contributed by atoms with Gasteiger partial charge in [0.25, 0.3) is 11.4 Å². The molecule has 10 nitrogen and oxygen atoms in total. The van der Waals surface area contributed by atoms with Crippen molar-refractivity contribution in [2.75, 3.05) is 0 Å². The van der Waals surface area contributed by atoms with Crippen molar-refractivity contribution in [3.05, 3.63) is 71.2 Å². The lowest BCUT2D eigenvalue weighted by Gasteiger charge is -2.07. The highest BCUT2D eigenvalue weighted by molar-refractivity contribution is 9.10. The van der Waals surface area contributed by atoms with Gasteiger partial charge in [0.05, 0.1) is 26.9 Å². The summed E-state index contributed by atoms with van der Waals surface area (Å²) in [6, 6.07) is 7.22. The molecule has 2 rings (SSSR count). The minimum absolute atomic E-state index is 0.105. The third-order valence-corrected chi connectivity index (χ3v) is 3.20. The predicted octanol–water partition coefficient (Wildman–Crippen LogP) is 3.97. The number of nitrogens with zero attached hydrogens (tertiary/aromatic N) is 3. The number of hydrogen-bond donors (Lipinski definition) is 0. The fraction of sp³-hybridized carbons (Fsp3) is 0. The number of nitro groups is 3. The van der Waals surface area contributed by atoms with E-state index in [0.717, 1.165) is 0 Å². The van der Waals surface area contributed by atoms with E-state index in [2.05, 4.69) is 15.9 Å². The van der Waals surface area contributed by atoms with E-state index in [-0.39, 0.29) is 5.75 Å². The molecule has 0 spiro atoms. The maximum Gasteiger partial charge on any atom is 0.325 e. The highest BCUT2D eigenvalue weighted by Crippen LogP contribution is 2.42. The van der Waals surface area contributed by atoms with Crippen molar-refractivity contribution in [3.63, 3.8) is 0 Å². The SMILES string of the molecule is O=[N+]([O-])c1cc([N+](=O)[O-])c(Oc2ccc(Br)cc2)c([N+](=O)[O-])c1. The molecule has 0 fully saturated rings. The second kappa shape index (κ2) is 6.36. The Labute approximate surface area is 135 Å². The van der Waals surface area contributed by atoms with E-state index in [0.29, 0.717) is 16.6 Å². The van der Waals surface area contributed by atoms with Crippen LogP contribution in [0.25, 0.3) is 0 Å². The molecule has 0 heterocycles. The Morgan fingerprint density at radius 2 is 1.30 bits per heavy atom. The van der Waals surface area contributed by atoms with Gasteiger partial charge < -0.3 is 4.74 Å². The molecule has 0 saturated heterocycles. The van der Waals surface area contributed by atoms with Crippen molar-refractivity contribution in [1.82, 2.24) is 0 Å². The molecular formula is C12H6BrN3O7. The number of rotatable bonds is 5. The summed E-state index contributed by atoms with van der Waals surface area (Å²) in [5.41, 5.74) is -2.51. The van der Waals surface area contributed by atoms with Crippen LogP contribution in [0.3, 0.4) is 0 Å². The number of hydrogen-bond acceptors (Lipinski definition) is 7. The number of nitro benzene ring substituents is 3. The number of halogens is 1. The lowest BCUT2D eigenvalue weighted by atomic mass is 10.2. The first-order chi connectivity index (χ1) is 10.8. The summed E-state index contributed by atoms with van der Waals surface area (Å²) in [4.78, 5) is 30.0. The normalized spacial score (nSPS) is 10.1. The molecule has 0 amide bonds. The molecule has 2 aromatic carbocycles. The molecule has 0 radical (unpaired) electrons. The fourth-order valence-electron chi connectivity index (χ4n) is 1.69. The first-order valence-corrected chi connectivity index (χ1v) is 6.63. The molecule has 11 heteroatoms. The highest BCUT2D eigenvalue weighted by Gasteiger charge is 2.32. The Morgan fingerprint density at radius 1 is 0.826 bits per heavy atom. The zero-order valence-corrected chi connectivity index (χ0v) is 12.6. The molecule has 118 valence electrons. The molecule has 0 unspecified atom stereocenters. The van der Waals surface area contributed by atoms with Crippen LogP contribution >= 0.6 is 15.9 Å². The first-order valence-electron chi connectivity index (χ1n) is 5.84. The van der Waals surface area contributed by atoms with Crippen LogP contribution in [-0.4, -0.2) is 14.8 Å². The van der Waals surface area contributed by atoms with Crippen LogP contribution in [-0.2, 0) is 0 Å². The van der Waals surface area contributed by atoms with Crippen LogP contribution in [0.4, 0.5) is 17.1 Å². The molecule has 0 aliphatic carbocycles. The Balaban J connectivity index is 2.63. The average molecular weight is 384 g/mol. The van der Waals surface area contributed by atoms with Gasteiger partial charge in [-0.2, -0.15) is 0 Å². The molecule has 2 aromatic rings. The van der Waals surface area contributed by atoms with Gasteiger partial charge in [0.2, 0.25) is 0 Å². The van der Waals surface area contributed by atoms with Gasteiger partial charge in [-0.05, 0) is 24.3 Å². The van der Waals surface area contributed by atoms with Gasteiger partial charge in [0.15, 0.2) is 0 Å². The van der Waals surface area contributed by atoms with Gasteiger partial charge in [0.1, 0.15) is 5.75 Å². The van der Waals surface area contributed by atoms with Crippen molar-refractivity contribution in [3.8, 4) is 11.5 Å². The summed E-state index contributed by atoms with van der Waals surface area (Å²) in [5.74, 6) is -0.568. The second-order valence-electron chi connectivity index (χ2n) is 4.14. The maximum absolute atomic E-state index is 11.1. The minimum Gasteiger partial charge on any atom is -0.444 e. The van der Waals surface area contributed by atoms with Gasteiger partial charge in [0, 0.05) is 4.47 Å². The summed E-state index contributed by atoms with van der Waals surface area (Å²) in [6.45, 7) is 0. The van der Waals surface area contributed by atoms with Crippen molar-refractivity contribution in [1.29, 1.82) is 0 Å². The molecule has 0 aliphatic rings. The number of ether oxygens (including phenoxy) is 1. The van der Waals surface area contributed by atoms with Crippen LogP contribution < -0.4 is 4.74 Å². The zero-order valence-electron chi connectivity index (χ0n) is 11.0. The molecule has 0 bridgehead atoms. The van der Waals surface area contributed by atoms with Crippen LogP contribution in [0.5, 0.6) is 11.5 Å². The molecule has 0 aromatic heterocycles. The van der Waals surface area contributed by atoms with Crippen LogP contribution in [0, 0.1) is 30.3 Å². The molecule has 0 N–H and O–H groups in total. The summed E-state index contributed by atoms with van der Waals surface area (Å²) < 4.78 is 5.93. The van der Waals surface area contributed by atoms with Crippen LogP contribution in [0.1, 0.15) is 0 Å². The Hall–Kier alpha value is -3.08. The standard InChI is InChI=1S/C12H6BrN3O7/c13-7-1-3-9(4-2-7)23-12-10(15(19)20)5-8(14(17)18)6-11(12)16(21)22/h1-6H. The van der Waals surface area contributed by atoms with Gasteiger partial charge in [-0.15, -0.1) is 0 Å². The van der Waals surface area contributed by atoms with Gasteiger partial charge in [-0.25, -0.2) is 0 Å². The van der Waals surface area contributed by atoms with Gasteiger partial charge in [-0.3, -0.25) is 30.3 Å². The van der Waals surface area contributed by atoms with E-state index in [1.807, 2.05) is 0 Å². The molecule has 0 aliphatic heterocycles. The molecular weight excluding hydrogens is 378 g/mol. The van der Waals surface area contributed by atoms with E-state index in [1.54, 1.807) is 12.1 Å². The van der Waals surface area contributed by atoms with Crippen molar-refractivity contribution in [2.24, 2.45) is 0 Å². The summed E-state index contributed by atoms with van der Waals surface area (Å²) in [7, 11) is 0. The largest absolute Gasteiger partial charge is 0.444 e. The van der Waals surface area contributed by atoms with Crippen LogP contribution in [0.15, 0.2) is 40.9 Å². The van der Waals surface area contributed by atoms with Crippen LogP contribution in [0.2, 0.25) is 0 Å². The Bertz CT molecular complexity index is 772. The molecule has 0 saturated carbocycles. The summed E-state index contributed by atoms with van der Waals surface area (Å²) in [5, 5.41) is 32.9. The molecule has 0 atom stereocenters. The van der Waals surface area contributed by atoms with Gasteiger partial charge in [-0.1, -0.05) is 15.9 Å². The van der Waals surface area contributed by atoms with E-state index in [9.17, 15) is 30.3 Å². The smallest absolute Gasteiger partial charge is 0.325 e. The average Bonchev–Trinajstić information content (AvgIpc) is 2.48. The van der Waals surface area contributed by atoms with Crippen molar-refractivity contribution in [2.45, 2.75) is 0 Å². The molecule has 23 heavy (non-hydrogen) atoms. The van der Waals surface area contributed by atoms with E-state index < -0.39 is 37.6 Å². The van der Waals surface area contributed by atoms with Crippen molar-refractivity contribution >= 4 is 33.0 Å². The van der Waals surface area contributed by atoms with E-state index in [1.165, 1.54) is 12.1 Å². The topological polar surface area (TPSA) is 139 Å². The maximum atomic E-state index is 11.1. The lowest BCUT2D eigenvalue weighted by Crippen LogP contribution is -2.01. The summed E-state index contributed by atoms with van der Waals surface area (Å²) in [6.07, 6.45) is 0. The predicted molar refractivity (Wildman–Crippen MR) is 80.6 cm³/mol. The summed E-state index contributed by atoms with van der Waals surface area (Å²) >= 11 is 3.18. The third-order valence-electron chi connectivity index (χ3n) is 2.67. The van der Waals surface area contributed by atoms with E-state index in [4.69, 9.17) is 4.74 Å². The Kier molecular flexibility index (Phi) is 4.50. The van der Waals surface area contributed by atoms with Crippen molar-refractivity contribution < 1.29 is 19.5 Å². The quantitative estimate of drug-likeness (QED) is 0.561. The lowest BCUT2D eigenvalue weighted by molar-refractivity contribution is -0.404. The zero-order chi connectivity index (χ0) is 17.1. The third kappa shape index (κ3) is 3.58. The monoisotopic (exact) mass is 383 g/mol. The Morgan fingerprint density at radius 3 is 1.70 bits per heavy atom. The van der Waals surface area contributed by atoms with Gasteiger partial charge >= 0.3 is 11.4 Å². The number of non-ortho nitro benzene ring substituents is 1. The fourth-order valence-corrected chi connectivity index (χ4v) is 1.95. The number of benzene rings is 2. The van der Waals surface area contributed by atoms with E-state index >= 15 is 0 Å². The second-order valence-corrected chi connectivity index (χ2v) is 5.06. The minimum atomic E-state index is -0.978. The highest BCUT2D eigenvalue weighted by atomic mass is 79.9.